The van der Waals surface area contributed by atoms with Crippen LogP contribution in [0.25, 0.3) is 0 Å². The standard InChI is InChI=1S/C18H16BrN3O/c19-14-8-6-13(7-9-14)12-16-10-11-17(20-16)18(23)22-21-15-4-2-1-3-5-15/h1-11,20-21H,12H2,(H,22,23). The maximum Gasteiger partial charge on any atom is 0.286 e. The van der Waals surface area contributed by atoms with E-state index in [1.165, 1.54) is 5.56 Å². The van der Waals surface area contributed by atoms with E-state index in [0.717, 1.165) is 22.3 Å². The van der Waals surface area contributed by atoms with E-state index in [-0.39, 0.29) is 5.91 Å². The van der Waals surface area contributed by atoms with Crippen molar-refractivity contribution in [1.29, 1.82) is 0 Å². The molecule has 3 rings (SSSR count). The number of anilines is 1. The molecular formula is C18H16BrN3O. The van der Waals surface area contributed by atoms with Crippen LogP contribution in [0.2, 0.25) is 0 Å². The van der Waals surface area contributed by atoms with Crippen LogP contribution in [0.1, 0.15) is 21.7 Å². The zero-order chi connectivity index (χ0) is 16.1. The Balaban J connectivity index is 1.59. The lowest BCUT2D eigenvalue weighted by molar-refractivity contribution is 0.0958. The number of aromatic nitrogens is 1. The van der Waals surface area contributed by atoms with Crippen LogP contribution in [0.5, 0.6) is 0 Å². The van der Waals surface area contributed by atoms with Crippen LogP contribution >= 0.6 is 15.9 Å². The Kier molecular flexibility index (Phi) is 4.78. The molecule has 2 aromatic carbocycles. The maximum absolute atomic E-state index is 12.1. The number of nitrogens with one attached hydrogen (secondary N) is 3. The predicted octanol–water partition coefficient (Wildman–Crippen LogP) is 4.12. The van der Waals surface area contributed by atoms with E-state index in [1.807, 2.05) is 48.5 Å². The summed E-state index contributed by atoms with van der Waals surface area (Å²) >= 11 is 3.42. The molecule has 1 aromatic heterocycles. The fourth-order valence-corrected chi connectivity index (χ4v) is 2.48. The summed E-state index contributed by atoms with van der Waals surface area (Å²) in [7, 11) is 0. The van der Waals surface area contributed by atoms with Gasteiger partial charge in [-0.15, -0.1) is 0 Å². The molecule has 0 saturated heterocycles. The van der Waals surface area contributed by atoms with Crippen molar-refractivity contribution in [2.24, 2.45) is 0 Å². The molecule has 23 heavy (non-hydrogen) atoms. The summed E-state index contributed by atoms with van der Waals surface area (Å²) in [5.74, 6) is -0.198. The molecule has 116 valence electrons. The van der Waals surface area contributed by atoms with Crippen LogP contribution in [0.4, 0.5) is 5.69 Å². The zero-order valence-electron chi connectivity index (χ0n) is 12.3. The number of hydrazine groups is 1. The molecule has 0 saturated carbocycles. The molecule has 0 aliphatic heterocycles. The summed E-state index contributed by atoms with van der Waals surface area (Å²) in [5.41, 5.74) is 9.10. The molecule has 0 radical (unpaired) electrons. The molecule has 3 N–H and O–H groups in total. The molecule has 0 bridgehead atoms. The summed E-state index contributed by atoms with van der Waals surface area (Å²) in [4.78, 5) is 15.3. The van der Waals surface area contributed by atoms with Gasteiger partial charge in [-0.05, 0) is 42.0 Å². The van der Waals surface area contributed by atoms with Crippen molar-refractivity contribution >= 4 is 27.5 Å². The highest BCUT2D eigenvalue weighted by Crippen LogP contribution is 2.14. The van der Waals surface area contributed by atoms with Crippen LogP contribution in [0.3, 0.4) is 0 Å². The molecule has 3 aromatic rings. The number of aromatic amines is 1. The molecule has 0 spiro atoms. The number of benzene rings is 2. The normalized spacial score (nSPS) is 10.3. The number of H-pyrrole nitrogens is 1. The van der Waals surface area contributed by atoms with Crippen LogP contribution in [-0.4, -0.2) is 10.9 Å². The van der Waals surface area contributed by atoms with Crippen molar-refractivity contribution in [2.75, 3.05) is 5.43 Å². The molecule has 0 fully saturated rings. The minimum absolute atomic E-state index is 0.198. The van der Waals surface area contributed by atoms with Crippen LogP contribution in [-0.2, 0) is 6.42 Å². The number of carbonyl (C=O) groups excluding carboxylic acids is 1. The lowest BCUT2D eigenvalue weighted by Gasteiger charge is -2.07. The molecule has 0 unspecified atom stereocenters. The van der Waals surface area contributed by atoms with Gasteiger partial charge in [0.1, 0.15) is 5.69 Å². The van der Waals surface area contributed by atoms with E-state index in [1.54, 1.807) is 6.07 Å². The third-order valence-corrected chi connectivity index (χ3v) is 3.92. The first-order valence-corrected chi connectivity index (χ1v) is 8.04. The summed E-state index contributed by atoms with van der Waals surface area (Å²) < 4.78 is 1.06. The van der Waals surface area contributed by atoms with Gasteiger partial charge in [0.25, 0.3) is 5.91 Å². The number of hydrogen-bond acceptors (Lipinski definition) is 2. The van der Waals surface area contributed by atoms with Gasteiger partial charge in [-0.3, -0.25) is 15.6 Å². The Hall–Kier alpha value is -2.53. The monoisotopic (exact) mass is 369 g/mol. The van der Waals surface area contributed by atoms with Gasteiger partial charge in [0.05, 0.1) is 5.69 Å². The SMILES string of the molecule is O=C(NNc1ccccc1)c1ccc(Cc2ccc(Br)cc2)[nH]1. The van der Waals surface area contributed by atoms with Crippen molar-refractivity contribution in [3.8, 4) is 0 Å². The first-order chi connectivity index (χ1) is 11.2. The number of amides is 1. The zero-order valence-corrected chi connectivity index (χ0v) is 13.9. The van der Waals surface area contributed by atoms with E-state index >= 15 is 0 Å². The summed E-state index contributed by atoms with van der Waals surface area (Å²) in [6.45, 7) is 0. The summed E-state index contributed by atoms with van der Waals surface area (Å²) in [6.07, 6.45) is 0.757. The molecule has 5 heteroatoms. The summed E-state index contributed by atoms with van der Waals surface area (Å²) in [5, 5.41) is 0. The highest BCUT2D eigenvalue weighted by molar-refractivity contribution is 9.10. The maximum atomic E-state index is 12.1. The number of halogens is 1. The average Bonchev–Trinajstić information content (AvgIpc) is 3.04. The topological polar surface area (TPSA) is 56.9 Å². The van der Waals surface area contributed by atoms with Crippen LogP contribution in [0, 0.1) is 0 Å². The smallest absolute Gasteiger partial charge is 0.286 e. The van der Waals surface area contributed by atoms with Crippen molar-refractivity contribution in [3.63, 3.8) is 0 Å². The fourth-order valence-electron chi connectivity index (χ4n) is 2.22. The van der Waals surface area contributed by atoms with Crippen LogP contribution in [0.15, 0.2) is 71.2 Å². The average molecular weight is 370 g/mol. The lowest BCUT2D eigenvalue weighted by Crippen LogP contribution is -2.29. The molecular weight excluding hydrogens is 354 g/mol. The van der Waals surface area contributed by atoms with Gasteiger partial charge >= 0.3 is 0 Å². The van der Waals surface area contributed by atoms with Gasteiger partial charge in [0.15, 0.2) is 0 Å². The van der Waals surface area contributed by atoms with E-state index in [9.17, 15) is 4.79 Å². The predicted molar refractivity (Wildman–Crippen MR) is 95.3 cm³/mol. The molecule has 4 nitrogen and oxygen atoms in total. The molecule has 0 atom stereocenters. The summed E-state index contributed by atoms with van der Waals surface area (Å²) in [6, 6.07) is 21.3. The largest absolute Gasteiger partial charge is 0.354 e. The van der Waals surface area contributed by atoms with Gasteiger partial charge in [-0.1, -0.05) is 46.3 Å². The van der Waals surface area contributed by atoms with Gasteiger partial charge < -0.3 is 4.98 Å². The van der Waals surface area contributed by atoms with Crippen molar-refractivity contribution in [3.05, 3.63) is 88.2 Å². The van der Waals surface area contributed by atoms with Crippen molar-refractivity contribution < 1.29 is 4.79 Å². The number of hydrogen-bond donors (Lipinski definition) is 3. The molecule has 0 aliphatic rings. The second-order valence-electron chi connectivity index (χ2n) is 5.15. The molecule has 1 heterocycles. The second-order valence-corrected chi connectivity index (χ2v) is 6.06. The first-order valence-electron chi connectivity index (χ1n) is 7.24. The van der Waals surface area contributed by atoms with Crippen LogP contribution < -0.4 is 10.9 Å². The third kappa shape index (κ3) is 4.23. The van der Waals surface area contributed by atoms with Gasteiger partial charge in [-0.2, -0.15) is 0 Å². The fraction of sp³-hybridized carbons (Fsp3) is 0.0556. The third-order valence-electron chi connectivity index (χ3n) is 3.39. The Morgan fingerprint density at radius 1 is 0.957 bits per heavy atom. The highest BCUT2D eigenvalue weighted by atomic mass is 79.9. The quantitative estimate of drug-likeness (QED) is 0.592. The number of para-hydroxylation sites is 1. The molecule has 1 amide bonds. The van der Waals surface area contributed by atoms with E-state index < -0.39 is 0 Å². The number of carbonyl (C=O) groups is 1. The van der Waals surface area contributed by atoms with Gasteiger partial charge in [0.2, 0.25) is 0 Å². The van der Waals surface area contributed by atoms with Crippen molar-refractivity contribution in [1.82, 2.24) is 10.4 Å². The van der Waals surface area contributed by atoms with E-state index in [0.29, 0.717) is 5.69 Å². The van der Waals surface area contributed by atoms with Gasteiger partial charge in [-0.25, -0.2) is 0 Å². The van der Waals surface area contributed by atoms with E-state index in [4.69, 9.17) is 0 Å². The number of rotatable bonds is 5. The molecule has 0 aliphatic carbocycles. The van der Waals surface area contributed by atoms with Gasteiger partial charge in [0, 0.05) is 16.6 Å². The lowest BCUT2D eigenvalue weighted by atomic mass is 10.1. The Morgan fingerprint density at radius 3 is 2.43 bits per heavy atom. The second kappa shape index (κ2) is 7.15. The minimum atomic E-state index is -0.198. The Labute approximate surface area is 143 Å². The first kappa shape index (κ1) is 15.4. The Bertz CT molecular complexity index is 782. The van der Waals surface area contributed by atoms with Crippen molar-refractivity contribution in [2.45, 2.75) is 6.42 Å². The highest BCUT2D eigenvalue weighted by Gasteiger charge is 2.08. The minimum Gasteiger partial charge on any atom is -0.354 e. The Morgan fingerprint density at radius 2 is 1.70 bits per heavy atom. The van der Waals surface area contributed by atoms with E-state index in [2.05, 4.69) is 43.9 Å².